The minimum atomic E-state index is -0.234. The van der Waals surface area contributed by atoms with Gasteiger partial charge in [0.05, 0.1) is 5.25 Å². The Labute approximate surface area is 138 Å². The molecule has 1 aromatic heterocycles. The number of hydrogen-bond acceptors (Lipinski definition) is 6. The summed E-state index contributed by atoms with van der Waals surface area (Å²) in [4.78, 5) is 12.3. The lowest BCUT2D eigenvalue weighted by atomic mass is 10.1. The summed E-state index contributed by atoms with van der Waals surface area (Å²) in [6.45, 7) is 8.73. The Morgan fingerprint density at radius 1 is 1.36 bits per heavy atom. The Morgan fingerprint density at radius 2 is 2.14 bits per heavy atom. The lowest BCUT2D eigenvalue weighted by Crippen LogP contribution is -2.22. The van der Waals surface area contributed by atoms with E-state index >= 15 is 0 Å². The average Bonchev–Trinajstić information content (AvgIpc) is 2.91. The maximum Gasteiger partial charge on any atom is 0.237 e. The molecule has 1 amide bonds. The van der Waals surface area contributed by atoms with E-state index in [1.54, 1.807) is 0 Å². The molecule has 0 saturated heterocycles. The zero-order chi connectivity index (χ0) is 16.1. The van der Waals surface area contributed by atoms with E-state index < -0.39 is 0 Å². The number of rotatable bonds is 6. The van der Waals surface area contributed by atoms with Crippen LogP contribution in [-0.2, 0) is 4.79 Å². The van der Waals surface area contributed by atoms with Gasteiger partial charge in [0.2, 0.25) is 11.0 Å². The second-order valence-electron chi connectivity index (χ2n) is 4.90. The van der Waals surface area contributed by atoms with E-state index in [1.807, 2.05) is 45.9 Å². The van der Waals surface area contributed by atoms with Crippen molar-refractivity contribution < 1.29 is 4.79 Å². The highest BCUT2D eigenvalue weighted by molar-refractivity contribution is 8.02. The van der Waals surface area contributed by atoms with Crippen LogP contribution in [0.3, 0.4) is 0 Å². The molecule has 22 heavy (non-hydrogen) atoms. The fraction of sp³-hybridized carbons (Fsp3) is 0.400. The number of thioether (sulfide) groups is 1. The third-order valence-corrected chi connectivity index (χ3v) is 5.31. The fourth-order valence-corrected chi connectivity index (χ4v) is 3.77. The number of carbonyl (C=O) groups is 1. The van der Waals surface area contributed by atoms with Crippen molar-refractivity contribution in [2.75, 3.05) is 17.2 Å². The van der Waals surface area contributed by atoms with Crippen LogP contribution in [0.15, 0.2) is 22.5 Å². The van der Waals surface area contributed by atoms with Gasteiger partial charge in [-0.1, -0.05) is 35.2 Å². The van der Waals surface area contributed by atoms with Crippen molar-refractivity contribution in [2.45, 2.75) is 37.3 Å². The number of aryl methyl sites for hydroxylation is 1. The summed E-state index contributed by atoms with van der Waals surface area (Å²) in [6, 6.07) is 5.90. The molecule has 1 heterocycles. The van der Waals surface area contributed by atoms with Gasteiger partial charge in [0.25, 0.3) is 0 Å². The lowest BCUT2D eigenvalue weighted by molar-refractivity contribution is -0.115. The van der Waals surface area contributed by atoms with Crippen LogP contribution >= 0.6 is 23.1 Å². The summed E-state index contributed by atoms with van der Waals surface area (Å²) < 4.78 is 0.791. The SMILES string of the molecule is CCNc1nnc(SC(C)C(=O)Nc2cccc(C)c2C)s1. The molecule has 0 saturated carbocycles. The minimum absolute atomic E-state index is 0.0288. The molecule has 0 bridgehead atoms. The van der Waals surface area contributed by atoms with E-state index in [9.17, 15) is 4.79 Å². The first kappa shape index (κ1) is 16.8. The number of nitrogens with zero attached hydrogens (tertiary/aromatic N) is 2. The van der Waals surface area contributed by atoms with Crippen LogP contribution in [0, 0.1) is 13.8 Å². The lowest BCUT2D eigenvalue weighted by Gasteiger charge is -2.13. The predicted molar refractivity (Wildman–Crippen MR) is 93.9 cm³/mol. The van der Waals surface area contributed by atoms with E-state index in [1.165, 1.54) is 23.1 Å². The predicted octanol–water partition coefficient (Wildman–Crippen LogP) is 3.71. The van der Waals surface area contributed by atoms with Gasteiger partial charge in [0, 0.05) is 12.2 Å². The van der Waals surface area contributed by atoms with Gasteiger partial charge in [-0.2, -0.15) is 0 Å². The van der Waals surface area contributed by atoms with Gasteiger partial charge >= 0.3 is 0 Å². The summed E-state index contributed by atoms with van der Waals surface area (Å²) in [6.07, 6.45) is 0. The molecule has 0 aliphatic rings. The van der Waals surface area contributed by atoms with Crippen molar-refractivity contribution in [3.63, 3.8) is 0 Å². The van der Waals surface area contributed by atoms with Gasteiger partial charge in [-0.05, 0) is 44.9 Å². The van der Waals surface area contributed by atoms with Gasteiger partial charge in [0.15, 0.2) is 4.34 Å². The molecule has 2 N–H and O–H groups in total. The van der Waals surface area contributed by atoms with E-state index in [-0.39, 0.29) is 11.2 Å². The van der Waals surface area contributed by atoms with Crippen LogP contribution < -0.4 is 10.6 Å². The minimum Gasteiger partial charge on any atom is -0.360 e. The van der Waals surface area contributed by atoms with E-state index in [0.29, 0.717) is 0 Å². The highest BCUT2D eigenvalue weighted by Gasteiger charge is 2.18. The highest BCUT2D eigenvalue weighted by atomic mass is 32.2. The first-order valence-corrected chi connectivity index (χ1v) is 8.82. The number of nitrogens with one attached hydrogen (secondary N) is 2. The second-order valence-corrected chi connectivity index (χ2v) is 7.47. The molecule has 1 aromatic carbocycles. The molecule has 2 rings (SSSR count). The molecular weight excluding hydrogens is 316 g/mol. The summed E-state index contributed by atoms with van der Waals surface area (Å²) in [5, 5.41) is 14.8. The van der Waals surface area contributed by atoms with Crippen molar-refractivity contribution in [1.29, 1.82) is 0 Å². The molecule has 7 heteroatoms. The summed E-state index contributed by atoms with van der Waals surface area (Å²) in [5.74, 6) is -0.0288. The highest BCUT2D eigenvalue weighted by Crippen LogP contribution is 2.29. The molecule has 1 unspecified atom stereocenters. The van der Waals surface area contributed by atoms with Gasteiger partial charge < -0.3 is 10.6 Å². The van der Waals surface area contributed by atoms with Crippen LogP contribution in [0.1, 0.15) is 25.0 Å². The summed E-state index contributed by atoms with van der Waals surface area (Å²) >= 11 is 2.89. The molecule has 118 valence electrons. The first-order valence-electron chi connectivity index (χ1n) is 7.12. The zero-order valence-electron chi connectivity index (χ0n) is 13.1. The molecule has 5 nitrogen and oxygen atoms in total. The van der Waals surface area contributed by atoms with E-state index in [0.717, 1.165) is 32.8 Å². The average molecular weight is 336 g/mol. The third-order valence-electron chi connectivity index (χ3n) is 3.24. The smallest absolute Gasteiger partial charge is 0.237 e. The molecule has 0 aliphatic carbocycles. The van der Waals surface area contributed by atoms with Crippen molar-refractivity contribution in [1.82, 2.24) is 10.2 Å². The second kappa shape index (κ2) is 7.60. The van der Waals surface area contributed by atoms with Gasteiger partial charge in [-0.3, -0.25) is 4.79 Å². The van der Waals surface area contributed by atoms with Crippen LogP contribution in [0.5, 0.6) is 0 Å². The zero-order valence-corrected chi connectivity index (χ0v) is 14.8. The van der Waals surface area contributed by atoms with Crippen LogP contribution in [-0.4, -0.2) is 27.9 Å². The standard InChI is InChI=1S/C15H20N4OS2/c1-5-16-14-18-19-15(22-14)21-11(4)13(20)17-12-8-6-7-9(2)10(12)3/h6-8,11H,5H2,1-4H3,(H,16,18)(H,17,20). The Kier molecular flexibility index (Phi) is 5.79. The number of benzene rings is 1. The summed E-state index contributed by atoms with van der Waals surface area (Å²) in [5.41, 5.74) is 3.12. The quantitative estimate of drug-likeness (QED) is 0.787. The molecule has 1 atom stereocenters. The number of anilines is 2. The normalized spacial score (nSPS) is 12.0. The number of hydrogen-bond donors (Lipinski definition) is 2. The molecule has 0 radical (unpaired) electrons. The molecule has 0 fully saturated rings. The van der Waals surface area contributed by atoms with Crippen molar-refractivity contribution in [3.8, 4) is 0 Å². The molecular formula is C15H20N4OS2. The van der Waals surface area contributed by atoms with E-state index in [2.05, 4.69) is 20.8 Å². The molecule has 2 aromatic rings. The third kappa shape index (κ3) is 4.20. The summed E-state index contributed by atoms with van der Waals surface area (Å²) in [7, 11) is 0. The largest absolute Gasteiger partial charge is 0.360 e. The van der Waals surface area contributed by atoms with Gasteiger partial charge in [-0.25, -0.2) is 0 Å². The Morgan fingerprint density at radius 3 is 2.86 bits per heavy atom. The van der Waals surface area contributed by atoms with Crippen LogP contribution in [0.25, 0.3) is 0 Å². The van der Waals surface area contributed by atoms with Gasteiger partial charge in [0.1, 0.15) is 0 Å². The number of carbonyl (C=O) groups excluding carboxylic acids is 1. The topological polar surface area (TPSA) is 66.9 Å². The molecule has 0 spiro atoms. The van der Waals surface area contributed by atoms with Gasteiger partial charge in [-0.15, -0.1) is 10.2 Å². The number of amides is 1. The van der Waals surface area contributed by atoms with Crippen molar-refractivity contribution in [2.24, 2.45) is 0 Å². The van der Waals surface area contributed by atoms with Crippen LogP contribution in [0.2, 0.25) is 0 Å². The maximum atomic E-state index is 12.3. The Hall–Kier alpha value is -1.60. The molecule has 0 aliphatic heterocycles. The van der Waals surface area contributed by atoms with Crippen LogP contribution in [0.4, 0.5) is 10.8 Å². The number of aromatic nitrogens is 2. The van der Waals surface area contributed by atoms with E-state index in [4.69, 9.17) is 0 Å². The Bertz CT molecular complexity index is 657. The Balaban J connectivity index is 1.98. The maximum absolute atomic E-state index is 12.3. The van der Waals surface area contributed by atoms with Crippen molar-refractivity contribution >= 4 is 39.8 Å². The van der Waals surface area contributed by atoms with Crippen molar-refractivity contribution in [3.05, 3.63) is 29.3 Å². The fourth-order valence-electron chi connectivity index (χ4n) is 1.81. The first-order chi connectivity index (χ1) is 10.5. The monoisotopic (exact) mass is 336 g/mol.